The number of rotatable bonds is 7. The first-order chi connectivity index (χ1) is 15.6. The highest BCUT2D eigenvalue weighted by atomic mass is 35.5. The molecule has 0 saturated carbocycles. The third kappa shape index (κ3) is 5.93. The van der Waals surface area contributed by atoms with Crippen molar-refractivity contribution < 1.29 is 13.2 Å². The number of benzene rings is 3. The highest BCUT2D eigenvalue weighted by molar-refractivity contribution is 7.92. The number of hydrogen-bond acceptors (Lipinski definition) is 4. The van der Waals surface area contributed by atoms with Gasteiger partial charge >= 0.3 is 0 Å². The van der Waals surface area contributed by atoms with E-state index >= 15 is 0 Å². The van der Waals surface area contributed by atoms with Crippen molar-refractivity contribution >= 4 is 51.0 Å². The number of halogens is 2. The number of carbonyl (C=O) groups excluding carboxylic acids is 1. The van der Waals surface area contributed by atoms with Gasteiger partial charge in [-0.1, -0.05) is 59.1 Å². The summed E-state index contributed by atoms with van der Waals surface area (Å²) in [5, 5.41) is 4.68. The lowest BCUT2D eigenvalue weighted by Gasteiger charge is -2.26. The molecule has 0 aliphatic carbocycles. The number of carbonyl (C=O) groups is 1. The smallest absolute Gasteiger partial charge is 0.264 e. The Morgan fingerprint density at radius 2 is 1.70 bits per heavy atom. The zero-order valence-electron chi connectivity index (χ0n) is 18.3. The molecule has 3 aromatic carbocycles. The Morgan fingerprint density at radius 1 is 1.00 bits per heavy atom. The maximum atomic E-state index is 13.5. The zero-order valence-corrected chi connectivity index (χ0v) is 20.7. The average molecular weight is 504 g/mol. The molecule has 0 unspecified atom stereocenters. The van der Waals surface area contributed by atoms with Gasteiger partial charge in [-0.15, -0.1) is 0 Å². The van der Waals surface area contributed by atoms with Crippen molar-refractivity contribution in [2.24, 2.45) is 5.10 Å². The number of amides is 1. The van der Waals surface area contributed by atoms with Crippen molar-refractivity contribution in [3.63, 3.8) is 0 Å². The van der Waals surface area contributed by atoms with E-state index in [9.17, 15) is 13.2 Å². The van der Waals surface area contributed by atoms with Crippen LogP contribution in [0.2, 0.25) is 10.0 Å². The Balaban J connectivity index is 1.88. The number of nitrogens with zero attached hydrogens (tertiary/aromatic N) is 2. The van der Waals surface area contributed by atoms with E-state index in [0.717, 1.165) is 21.0 Å². The molecule has 3 rings (SSSR count). The molecular formula is C24H23Cl2N3O3S. The van der Waals surface area contributed by atoms with Crippen LogP contribution in [0.15, 0.2) is 70.7 Å². The summed E-state index contributed by atoms with van der Waals surface area (Å²) < 4.78 is 28.1. The molecule has 9 heteroatoms. The summed E-state index contributed by atoms with van der Waals surface area (Å²) in [7, 11) is -4.00. The quantitative estimate of drug-likeness (QED) is 0.352. The van der Waals surface area contributed by atoms with Crippen molar-refractivity contribution in [2.75, 3.05) is 10.8 Å². The Hall–Kier alpha value is -2.87. The van der Waals surface area contributed by atoms with Gasteiger partial charge in [0.05, 0.1) is 26.8 Å². The molecule has 1 N–H and O–H groups in total. The molecule has 0 spiro atoms. The van der Waals surface area contributed by atoms with Crippen LogP contribution in [0.4, 0.5) is 5.69 Å². The van der Waals surface area contributed by atoms with E-state index in [2.05, 4.69) is 10.5 Å². The Morgan fingerprint density at radius 3 is 2.36 bits per heavy atom. The molecule has 0 aromatic heterocycles. The van der Waals surface area contributed by atoms with Gasteiger partial charge in [-0.2, -0.15) is 5.10 Å². The molecule has 0 aliphatic rings. The summed E-state index contributed by atoms with van der Waals surface area (Å²) in [5.74, 6) is -0.595. The lowest BCUT2D eigenvalue weighted by atomic mass is 10.1. The summed E-state index contributed by atoms with van der Waals surface area (Å²) in [5.41, 5.74) is 6.05. The third-order valence-electron chi connectivity index (χ3n) is 5.09. The van der Waals surface area contributed by atoms with E-state index in [1.165, 1.54) is 18.3 Å². The third-order valence-corrected chi connectivity index (χ3v) is 7.60. The Bertz CT molecular complexity index is 1310. The predicted octanol–water partition coefficient (Wildman–Crippen LogP) is 5.26. The molecule has 0 bridgehead atoms. The molecule has 33 heavy (non-hydrogen) atoms. The summed E-state index contributed by atoms with van der Waals surface area (Å²) in [6, 6.07) is 16.7. The van der Waals surface area contributed by atoms with Crippen molar-refractivity contribution in [1.82, 2.24) is 5.43 Å². The van der Waals surface area contributed by atoms with Crippen LogP contribution in [-0.4, -0.2) is 27.1 Å². The first kappa shape index (κ1) is 24.8. The predicted molar refractivity (Wildman–Crippen MR) is 134 cm³/mol. The van der Waals surface area contributed by atoms with E-state index in [4.69, 9.17) is 23.2 Å². The molecular weight excluding hydrogens is 481 g/mol. The second-order valence-electron chi connectivity index (χ2n) is 7.51. The number of anilines is 1. The van der Waals surface area contributed by atoms with Gasteiger partial charge in [-0.25, -0.2) is 13.8 Å². The fourth-order valence-corrected chi connectivity index (χ4v) is 4.87. The van der Waals surface area contributed by atoms with Gasteiger partial charge in [0.15, 0.2) is 0 Å². The van der Waals surface area contributed by atoms with Gasteiger partial charge in [0.25, 0.3) is 15.9 Å². The minimum Gasteiger partial charge on any atom is -0.271 e. The van der Waals surface area contributed by atoms with Crippen LogP contribution in [0.3, 0.4) is 0 Å². The number of hydrogen-bond donors (Lipinski definition) is 1. The monoisotopic (exact) mass is 503 g/mol. The lowest BCUT2D eigenvalue weighted by molar-refractivity contribution is -0.119. The fraction of sp³-hybridized carbons (Fsp3) is 0.167. The number of aryl methyl sites for hydroxylation is 2. The van der Waals surface area contributed by atoms with Crippen LogP contribution in [0.25, 0.3) is 0 Å². The van der Waals surface area contributed by atoms with Gasteiger partial charge in [0, 0.05) is 0 Å². The zero-order chi connectivity index (χ0) is 24.2. The van der Waals surface area contributed by atoms with E-state index < -0.39 is 22.5 Å². The number of hydrazone groups is 1. The van der Waals surface area contributed by atoms with Crippen LogP contribution in [0.1, 0.15) is 22.3 Å². The van der Waals surface area contributed by atoms with Crippen LogP contribution >= 0.6 is 23.2 Å². The molecule has 6 nitrogen and oxygen atoms in total. The van der Waals surface area contributed by atoms with Crippen LogP contribution < -0.4 is 9.73 Å². The number of sulfonamides is 1. The van der Waals surface area contributed by atoms with Gasteiger partial charge in [-0.3, -0.25) is 9.10 Å². The average Bonchev–Trinajstić information content (AvgIpc) is 2.77. The summed E-state index contributed by atoms with van der Waals surface area (Å²) >= 11 is 11.9. The lowest BCUT2D eigenvalue weighted by Crippen LogP contribution is -2.40. The van der Waals surface area contributed by atoms with Gasteiger partial charge in [-0.05, 0) is 67.8 Å². The van der Waals surface area contributed by atoms with Crippen molar-refractivity contribution in [3.8, 4) is 0 Å². The SMILES string of the molecule is Cc1ccc(S(=O)(=O)N(CC(=O)N/N=C\c2ccc(Cl)c(Cl)c2)c2cccc(C)c2C)cc1. The van der Waals surface area contributed by atoms with Crippen LogP contribution in [0, 0.1) is 20.8 Å². The van der Waals surface area contributed by atoms with Gasteiger partial charge in [0.1, 0.15) is 6.54 Å². The molecule has 0 aliphatic heterocycles. The standard InChI is InChI=1S/C24H23Cl2N3O3S/c1-16-7-10-20(11-8-16)33(31,32)29(23-6-4-5-17(2)18(23)3)15-24(30)28-27-14-19-9-12-21(25)22(26)13-19/h4-14H,15H2,1-3H3,(H,28,30)/b27-14-. The number of nitrogens with one attached hydrogen (secondary N) is 1. The summed E-state index contributed by atoms with van der Waals surface area (Å²) in [6.07, 6.45) is 1.40. The molecule has 0 atom stereocenters. The maximum absolute atomic E-state index is 13.5. The molecule has 0 saturated heterocycles. The molecule has 0 heterocycles. The molecule has 3 aromatic rings. The van der Waals surface area contributed by atoms with Crippen LogP contribution in [-0.2, 0) is 14.8 Å². The minimum atomic E-state index is -4.00. The molecule has 1 amide bonds. The fourth-order valence-electron chi connectivity index (χ4n) is 3.08. The summed E-state index contributed by atoms with van der Waals surface area (Å²) in [4.78, 5) is 12.8. The van der Waals surface area contributed by atoms with E-state index in [1.807, 2.05) is 26.8 Å². The molecule has 0 radical (unpaired) electrons. The molecule has 0 fully saturated rings. The summed E-state index contributed by atoms with van der Waals surface area (Å²) in [6.45, 7) is 5.14. The highest BCUT2D eigenvalue weighted by Gasteiger charge is 2.28. The Labute approximate surface area is 203 Å². The van der Waals surface area contributed by atoms with Crippen LogP contribution in [0.5, 0.6) is 0 Å². The van der Waals surface area contributed by atoms with Crippen molar-refractivity contribution in [3.05, 3.63) is 93.0 Å². The van der Waals surface area contributed by atoms with Gasteiger partial charge < -0.3 is 0 Å². The largest absolute Gasteiger partial charge is 0.271 e. The Kier molecular flexibility index (Phi) is 7.79. The van der Waals surface area contributed by atoms with Gasteiger partial charge in [0.2, 0.25) is 0 Å². The van der Waals surface area contributed by atoms with E-state index in [0.29, 0.717) is 21.3 Å². The van der Waals surface area contributed by atoms with Crippen molar-refractivity contribution in [2.45, 2.75) is 25.7 Å². The minimum absolute atomic E-state index is 0.0983. The topological polar surface area (TPSA) is 78.8 Å². The second-order valence-corrected chi connectivity index (χ2v) is 10.2. The van der Waals surface area contributed by atoms with Crippen molar-refractivity contribution in [1.29, 1.82) is 0 Å². The first-order valence-corrected chi connectivity index (χ1v) is 12.2. The van der Waals surface area contributed by atoms with E-state index in [1.54, 1.807) is 42.5 Å². The van der Waals surface area contributed by atoms with E-state index in [-0.39, 0.29) is 4.90 Å². The normalized spacial score (nSPS) is 11.5. The second kappa shape index (κ2) is 10.4. The first-order valence-electron chi connectivity index (χ1n) is 10.0. The molecule has 172 valence electrons. The maximum Gasteiger partial charge on any atom is 0.264 e. The highest BCUT2D eigenvalue weighted by Crippen LogP contribution is 2.28.